The van der Waals surface area contributed by atoms with Gasteiger partial charge in [0.15, 0.2) is 0 Å². The van der Waals surface area contributed by atoms with Gasteiger partial charge in [0.2, 0.25) is 11.8 Å². The van der Waals surface area contributed by atoms with Crippen LogP contribution in [0.3, 0.4) is 0 Å². The highest BCUT2D eigenvalue weighted by Gasteiger charge is 2.35. The van der Waals surface area contributed by atoms with E-state index in [1.165, 1.54) is 13.2 Å². The number of ether oxygens (including phenoxy) is 4. The molecule has 0 radical (unpaired) electrons. The molecule has 16 heteroatoms. The molecule has 3 amide bonds. The Morgan fingerprint density at radius 1 is 0.871 bits per heavy atom. The Morgan fingerprint density at radius 3 is 2.06 bits per heavy atom. The van der Waals surface area contributed by atoms with Crippen molar-refractivity contribution in [2.45, 2.75) is 131 Å². The van der Waals surface area contributed by atoms with Gasteiger partial charge in [0.25, 0.3) is 0 Å². The molecule has 4 unspecified atom stereocenters. The van der Waals surface area contributed by atoms with Crippen molar-refractivity contribution >= 4 is 47.5 Å². The van der Waals surface area contributed by atoms with Gasteiger partial charge in [-0.1, -0.05) is 86.0 Å². The second kappa shape index (κ2) is 24.2. The van der Waals surface area contributed by atoms with Gasteiger partial charge in [-0.05, 0) is 102 Å². The number of benzene rings is 2. The maximum Gasteiger partial charge on any atom is 0.408 e. The lowest BCUT2D eigenvalue weighted by Crippen LogP contribution is -2.54. The first kappa shape index (κ1) is 52.6. The topological polar surface area (TPSA) is 207 Å². The van der Waals surface area contributed by atoms with Crippen LogP contribution in [-0.2, 0) is 46.4 Å². The van der Waals surface area contributed by atoms with E-state index in [1.54, 1.807) is 79.7 Å². The highest BCUT2D eigenvalue weighted by atomic mass is 35.5. The average Bonchev–Trinajstić information content (AvgIpc) is 3.16. The summed E-state index contributed by atoms with van der Waals surface area (Å²) in [6.45, 7) is 19.4. The minimum Gasteiger partial charge on any atom is -0.495 e. The highest BCUT2D eigenvalue weighted by Crippen LogP contribution is 2.26. The molecule has 0 saturated carbocycles. The summed E-state index contributed by atoms with van der Waals surface area (Å²) in [5.41, 5.74) is 8.24. The standard InChI is InChI=1S/C46H65ClN6O9/c1-29(2)24-36(41(56)60-37(14-13-15-39(54)61-44(4,5)6)30(3)16-17-31-18-20-32(21-19-31)27-50-53-48)51-42(57)46(10,11)28-49-40(55)35(52-43(58)62-45(7,8)9)26-33-22-23-38(59-12)34(47)25-33/h13,15-23,25,29-30,35-37H,14,24,26-28H2,1-12H3,(H,49,55)(H,51,57)(H,52,58)/b15-13+,17-16+. The van der Waals surface area contributed by atoms with E-state index in [9.17, 15) is 24.0 Å². The Hall–Kier alpha value is -5.53. The zero-order chi connectivity index (χ0) is 46.8. The Morgan fingerprint density at radius 2 is 1.50 bits per heavy atom. The number of hydrogen-bond acceptors (Lipinski definition) is 10. The van der Waals surface area contributed by atoms with Crippen molar-refractivity contribution in [2.75, 3.05) is 13.7 Å². The molecular weight excluding hydrogens is 816 g/mol. The smallest absolute Gasteiger partial charge is 0.408 e. The molecule has 2 aromatic rings. The minimum absolute atomic E-state index is 0.0218. The van der Waals surface area contributed by atoms with Gasteiger partial charge in [0.1, 0.15) is 35.1 Å². The predicted molar refractivity (Wildman–Crippen MR) is 240 cm³/mol. The number of carbonyl (C=O) groups excluding carboxylic acids is 5. The SMILES string of the molecule is COc1ccc(CC(NC(=O)OC(C)(C)C)C(=O)NCC(C)(C)C(=O)NC(CC(C)C)C(=O)OC(C/C=C/C(=O)OC(C)(C)C)C(C)/C=C/c2ccc(CN=[N+]=[N-])cc2)cc1Cl. The molecule has 2 rings (SSSR count). The van der Waals surface area contributed by atoms with Crippen LogP contribution in [0.1, 0.15) is 106 Å². The molecular formula is C46H65ClN6O9. The molecule has 0 saturated heterocycles. The lowest BCUT2D eigenvalue weighted by atomic mass is 9.90. The van der Waals surface area contributed by atoms with Crippen LogP contribution in [0.4, 0.5) is 4.79 Å². The minimum atomic E-state index is -1.23. The number of alkyl carbamates (subject to hydrolysis) is 1. The van der Waals surface area contributed by atoms with Crippen molar-refractivity contribution < 1.29 is 42.9 Å². The van der Waals surface area contributed by atoms with Gasteiger partial charge in [0.05, 0.1) is 24.1 Å². The third kappa shape index (κ3) is 19.9. The number of amides is 3. The number of azide groups is 1. The van der Waals surface area contributed by atoms with Crippen molar-refractivity contribution in [1.82, 2.24) is 16.0 Å². The first-order chi connectivity index (χ1) is 28.8. The summed E-state index contributed by atoms with van der Waals surface area (Å²) < 4.78 is 22.2. The number of nitrogens with one attached hydrogen (secondary N) is 3. The lowest BCUT2D eigenvalue weighted by molar-refractivity contribution is -0.155. The van der Waals surface area contributed by atoms with Gasteiger partial charge in [-0.2, -0.15) is 0 Å². The number of hydrogen-bond donors (Lipinski definition) is 3. The molecule has 4 atom stereocenters. The fraction of sp³-hybridized carbons (Fsp3) is 0.543. The molecule has 15 nitrogen and oxygen atoms in total. The van der Waals surface area contributed by atoms with Gasteiger partial charge in [-0.15, -0.1) is 0 Å². The largest absolute Gasteiger partial charge is 0.495 e. The molecule has 0 heterocycles. The zero-order valence-corrected chi connectivity index (χ0v) is 38.9. The molecule has 0 bridgehead atoms. The van der Waals surface area contributed by atoms with E-state index < -0.39 is 64.7 Å². The van der Waals surface area contributed by atoms with Crippen LogP contribution in [-0.4, -0.2) is 72.9 Å². The van der Waals surface area contributed by atoms with Gasteiger partial charge in [0, 0.05) is 36.3 Å². The summed E-state index contributed by atoms with van der Waals surface area (Å²) in [5, 5.41) is 12.2. The average molecular weight is 882 g/mol. The number of halogens is 1. The van der Waals surface area contributed by atoms with Crippen LogP contribution < -0.4 is 20.7 Å². The number of nitrogens with zero attached hydrogens (tertiary/aromatic N) is 3. The van der Waals surface area contributed by atoms with Gasteiger partial charge in [-0.25, -0.2) is 14.4 Å². The van der Waals surface area contributed by atoms with Crippen molar-refractivity contribution in [3.63, 3.8) is 0 Å². The van der Waals surface area contributed by atoms with E-state index in [4.69, 9.17) is 36.1 Å². The first-order valence-electron chi connectivity index (χ1n) is 20.6. The molecule has 0 aromatic heterocycles. The molecule has 0 aliphatic heterocycles. The molecule has 62 heavy (non-hydrogen) atoms. The van der Waals surface area contributed by atoms with Crippen LogP contribution in [0.15, 0.2) is 65.8 Å². The Bertz CT molecular complexity index is 1940. The van der Waals surface area contributed by atoms with E-state index >= 15 is 0 Å². The molecule has 3 N–H and O–H groups in total. The Labute approximate surface area is 371 Å². The fourth-order valence-corrected chi connectivity index (χ4v) is 6.03. The predicted octanol–water partition coefficient (Wildman–Crippen LogP) is 8.82. The van der Waals surface area contributed by atoms with Gasteiger partial charge >= 0.3 is 18.0 Å². The van der Waals surface area contributed by atoms with E-state index in [0.29, 0.717) is 16.3 Å². The van der Waals surface area contributed by atoms with Gasteiger partial charge in [-0.3, -0.25) is 9.59 Å². The van der Waals surface area contributed by atoms with Crippen molar-refractivity contribution in [3.05, 3.63) is 92.8 Å². The highest BCUT2D eigenvalue weighted by molar-refractivity contribution is 6.32. The number of esters is 2. The molecule has 2 aromatic carbocycles. The van der Waals surface area contributed by atoms with E-state index in [2.05, 4.69) is 26.0 Å². The first-order valence-corrected chi connectivity index (χ1v) is 21.0. The third-order valence-corrected chi connectivity index (χ3v) is 9.35. The van der Waals surface area contributed by atoms with Crippen LogP contribution >= 0.6 is 11.6 Å². The summed E-state index contributed by atoms with van der Waals surface area (Å²) in [5.74, 6) is -2.21. The molecule has 0 spiro atoms. The number of methoxy groups -OCH3 is 1. The second-order valence-electron chi connectivity index (χ2n) is 18.1. The molecule has 0 aliphatic carbocycles. The maximum atomic E-state index is 14.0. The van der Waals surface area contributed by atoms with Crippen molar-refractivity contribution in [3.8, 4) is 5.75 Å². The van der Waals surface area contributed by atoms with E-state index in [0.717, 1.165) is 11.1 Å². The summed E-state index contributed by atoms with van der Waals surface area (Å²) >= 11 is 6.34. The lowest BCUT2D eigenvalue weighted by Gasteiger charge is -2.30. The fourth-order valence-electron chi connectivity index (χ4n) is 5.75. The Balaban J connectivity index is 2.29. The number of rotatable bonds is 21. The Kier molecular flexibility index (Phi) is 20.5. The van der Waals surface area contributed by atoms with Crippen LogP contribution in [0.2, 0.25) is 5.02 Å². The summed E-state index contributed by atoms with van der Waals surface area (Å²) in [6, 6.07) is 10.3. The molecule has 0 aliphatic rings. The van der Waals surface area contributed by atoms with Crippen LogP contribution in [0.25, 0.3) is 16.5 Å². The van der Waals surface area contributed by atoms with Crippen molar-refractivity contribution in [1.29, 1.82) is 0 Å². The van der Waals surface area contributed by atoms with Crippen LogP contribution in [0, 0.1) is 17.3 Å². The van der Waals surface area contributed by atoms with E-state index in [-0.39, 0.29) is 44.2 Å². The zero-order valence-electron chi connectivity index (χ0n) is 38.2. The normalized spacial score (nSPS) is 14.0. The molecule has 340 valence electrons. The molecule has 0 fully saturated rings. The second-order valence-corrected chi connectivity index (χ2v) is 18.5. The third-order valence-electron chi connectivity index (χ3n) is 9.05. The van der Waals surface area contributed by atoms with Crippen LogP contribution in [0.5, 0.6) is 5.75 Å². The maximum absolute atomic E-state index is 14.0. The quantitative estimate of drug-likeness (QED) is 0.0273. The monoisotopic (exact) mass is 880 g/mol. The van der Waals surface area contributed by atoms with E-state index in [1.807, 2.05) is 57.2 Å². The van der Waals surface area contributed by atoms with Crippen molar-refractivity contribution in [2.24, 2.45) is 22.4 Å². The summed E-state index contributed by atoms with van der Waals surface area (Å²) in [7, 11) is 1.48. The summed E-state index contributed by atoms with van der Waals surface area (Å²) in [4.78, 5) is 69.6. The summed E-state index contributed by atoms with van der Waals surface area (Å²) in [6.07, 6.45) is 5.60. The van der Waals surface area contributed by atoms with Gasteiger partial charge < -0.3 is 34.9 Å². The number of carbonyl (C=O) groups is 5.